The second-order valence-electron chi connectivity index (χ2n) is 16.9. The highest BCUT2D eigenvalue weighted by atomic mass is 16.6. The lowest BCUT2D eigenvalue weighted by atomic mass is 10.0. The molecule has 0 saturated heterocycles. The molecule has 0 fully saturated rings. The molecule has 0 bridgehead atoms. The summed E-state index contributed by atoms with van der Waals surface area (Å²) in [6, 6.07) is 15.0. The number of nitrogens with zero attached hydrogens (tertiary/aromatic N) is 4. The maximum absolute atomic E-state index is 12.2. The van der Waals surface area contributed by atoms with Gasteiger partial charge in [0.05, 0.1) is 31.8 Å². The number of aromatic nitrogens is 2. The Balaban J connectivity index is 0.000000969. The number of hydrogen-bond acceptors (Lipinski definition) is 14. The molecule has 0 aliphatic rings. The molecule has 2 aromatic carbocycles. The second kappa shape index (κ2) is 24.6. The lowest BCUT2D eigenvalue weighted by Crippen LogP contribution is -2.40. The molecule has 3 aromatic rings. The predicted molar refractivity (Wildman–Crippen MR) is 235 cm³/mol. The Labute approximate surface area is 364 Å². The summed E-state index contributed by atoms with van der Waals surface area (Å²) in [5, 5.41) is 6.30. The van der Waals surface area contributed by atoms with Gasteiger partial charge in [-0.1, -0.05) is 25.6 Å². The van der Waals surface area contributed by atoms with Crippen LogP contribution in [0.1, 0.15) is 123 Å². The third kappa shape index (κ3) is 25.1. The lowest BCUT2D eigenvalue weighted by molar-refractivity contribution is -0.153. The van der Waals surface area contributed by atoms with Gasteiger partial charge in [0.1, 0.15) is 22.4 Å². The summed E-state index contributed by atoms with van der Waals surface area (Å²) in [4.78, 5) is 78.2. The van der Waals surface area contributed by atoms with Crippen molar-refractivity contribution in [3.05, 3.63) is 83.7 Å². The van der Waals surface area contributed by atoms with Crippen LogP contribution in [0.15, 0.2) is 77.0 Å². The van der Waals surface area contributed by atoms with Gasteiger partial charge in [-0.05, 0) is 125 Å². The molecule has 1 aromatic heterocycles. The minimum atomic E-state index is -0.839. The average molecular weight is 869 g/mol. The number of anilines is 1. The first-order chi connectivity index (χ1) is 28.0. The highest BCUT2D eigenvalue weighted by Gasteiger charge is 2.23. The summed E-state index contributed by atoms with van der Waals surface area (Å²) in [6.07, 6.45) is 0.666. The number of alkyl carbamates (subject to hydrolysis) is 1. The van der Waals surface area contributed by atoms with Gasteiger partial charge in [-0.15, -0.1) is 4.99 Å². The minimum absolute atomic E-state index is 0. The van der Waals surface area contributed by atoms with Crippen LogP contribution in [-0.2, 0) is 39.6 Å². The topological polar surface area (TPSA) is 238 Å². The van der Waals surface area contributed by atoms with E-state index < -0.39 is 52.6 Å². The van der Waals surface area contributed by atoms with E-state index in [0.717, 1.165) is 0 Å². The van der Waals surface area contributed by atoms with Crippen LogP contribution in [0.4, 0.5) is 20.1 Å². The number of ether oxygens (including phenoxy) is 6. The number of amides is 3. The molecule has 342 valence electrons. The van der Waals surface area contributed by atoms with Crippen molar-refractivity contribution in [3.8, 4) is 0 Å². The number of carbonyl (C=O) groups is 6. The van der Waals surface area contributed by atoms with Crippen molar-refractivity contribution < 1.29 is 57.2 Å². The van der Waals surface area contributed by atoms with Crippen LogP contribution in [0.3, 0.4) is 0 Å². The summed E-state index contributed by atoms with van der Waals surface area (Å²) in [7, 11) is 2.64. The summed E-state index contributed by atoms with van der Waals surface area (Å²) in [5.41, 5.74) is 5.11. The van der Waals surface area contributed by atoms with E-state index in [1.807, 2.05) is 0 Å². The lowest BCUT2D eigenvalue weighted by Gasteiger charge is -2.20. The van der Waals surface area contributed by atoms with E-state index in [4.69, 9.17) is 29.4 Å². The Morgan fingerprint density at radius 1 is 0.661 bits per heavy atom. The fraction of sp³-hybridized carbons (Fsp3) is 0.477. The zero-order valence-corrected chi connectivity index (χ0v) is 37.5. The normalized spacial score (nSPS) is 11.7. The summed E-state index contributed by atoms with van der Waals surface area (Å²) >= 11 is 0. The third-order valence-electron chi connectivity index (χ3n) is 6.40. The van der Waals surface area contributed by atoms with Crippen molar-refractivity contribution in [2.45, 2.75) is 126 Å². The molecular formula is C44H64N6O12. The number of nitrogens with two attached hydrogens (primary N) is 1. The van der Waals surface area contributed by atoms with Crippen molar-refractivity contribution in [1.82, 2.24) is 15.1 Å². The summed E-state index contributed by atoms with van der Waals surface area (Å²) < 4.78 is 31.2. The molecule has 0 atom stereocenters. The quantitative estimate of drug-likeness (QED) is 0.0778. The fourth-order valence-corrected chi connectivity index (χ4v) is 4.34. The average Bonchev–Trinajstić information content (AvgIpc) is 3.63. The van der Waals surface area contributed by atoms with Crippen LogP contribution in [0.2, 0.25) is 0 Å². The number of hydrogen-bond donors (Lipinski definition) is 2. The molecule has 1 heterocycles. The van der Waals surface area contributed by atoms with Crippen LogP contribution < -0.4 is 11.1 Å². The second-order valence-corrected chi connectivity index (χ2v) is 16.9. The first-order valence-electron chi connectivity index (χ1n) is 18.9. The van der Waals surface area contributed by atoms with E-state index in [9.17, 15) is 28.8 Å². The van der Waals surface area contributed by atoms with E-state index in [1.165, 1.54) is 31.3 Å². The molecule has 0 saturated carbocycles. The van der Waals surface area contributed by atoms with Crippen molar-refractivity contribution in [2.24, 2.45) is 9.98 Å². The zero-order chi connectivity index (χ0) is 46.8. The molecular weight excluding hydrogens is 805 g/mol. The number of esters is 3. The Bertz CT molecular complexity index is 2010. The van der Waals surface area contributed by atoms with Crippen LogP contribution in [0.5, 0.6) is 0 Å². The van der Waals surface area contributed by atoms with Crippen molar-refractivity contribution in [3.63, 3.8) is 0 Å². The van der Waals surface area contributed by atoms with Gasteiger partial charge in [-0.2, -0.15) is 10.1 Å². The molecule has 3 rings (SSSR count). The molecule has 62 heavy (non-hydrogen) atoms. The SMILES string of the molecule is C.CC(C)(C)OC(=O)N=C(NC(=O)OC(C)(C)C)n1cccn1.COC(=O)c1cccc(CC(CC(=O)OC(C)(C)C)=NC(=O)OC(C)(C)C)c1.COC(=O)c1cccc(N)c1. The third-order valence-corrected chi connectivity index (χ3v) is 6.40. The molecule has 0 aliphatic heterocycles. The monoisotopic (exact) mass is 868 g/mol. The molecule has 0 radical (unpaired) electrons. The van der Waals surface area contributed by atoms with E-state index in [2.05, 4.69) is 25.1 Å². The molecule has 0 spiro atoms. The zero-order valence-electron chi connectivity index (χ0n) is 37.5. The number of carbonyl (C=O) groups excluding carboxylic acids is 6. The molecule has 0 unspecified atom stereocenters. The minimum Gasteiger partial charge on any atom is -0.465 e. The smallest absolute Gasteiger partial charge is 0.437 e. The van der Waals surface area contributed by atoms with Gasteiger partial charge in [0.15, 0.2) is 0 Å². The van der Waals surface area contributed by atoms with E-state index in [1.54, 1.807) is 138 Å². The van der Waals surface area contributed by atoms with Gasteiger partial charge < -0.3 is 34.2 Å². The van der Waals surface area contributed by atoms with Crippen LogP contribution in [0.25, 0.3) is 0 Å². The molecule has 0 aliphatic carbocycles. The molecule has 18 nitrogen and oxygen atoms in total. The number of methoxy groups -OCH3 is 2. The highest BCUT2D eigenvalue weighted by Crippen LogP contribution is 2.15. The summed E-state index contributed by atoms with van der Waals surface area (Å²) in [6.45, 7) is 20.8. The van der Waals surface area contributed by atoms with Gasteiger partial charge in [-0.3, -0.25) is 10.1 Å². The van der Waals surface area contributed by atoms with Crippen molar-refractivity contribution >= 4 is 53.5 Å². The number of rotatable bonds is 6. The molecule has 18 heteroatoms. The summed E-state index contributed by atoms with van der Waals surface area (Å²) in [5.74, 6) is -1.44. The Hall–Kier alpha value is -6.59. The van der Waals surface area contributed by atoms with E-state index >= 15 is 0 Å². The van der Waals surface area contributed by atoms with Gasteiger partial charge in [-0.25, -0.2) is 28.7 Å². The number of benzene rings is 2. The van der Waals surface area contributed by atoms with Gasteiger partial charge >= 0.3 is 36.2 Å². The van der Waals surface area contributed by atoms with Crippen molar-refractivity contribution in [1.29, 1.82) is 0 Å². The van der Waals surface area contributed by atoms with Gasteiger partial charge in [0, 0.05) is 30.2 Å². The van der Waals surface area contributed by atoms with Crippen LogP contribution in [0, 0.1) is 0 Å². The predicted octanol–water partition coefficient (Wildman–Crippen LogP) is 8.36. The Kier molecular flexibility index (Phi) is 22.0. The number of nitrogen functional groups attached to an aromatic ring is 1. The fourth-order valence-electron chi connectivity index (χ4n) is 4.34. The van der Waals surface area contributed by atoms with Gasteiger partial charge in [0.25, 0.3) is 0 Å². The first kappa shape index (κ1) is 55.4. The van der Waals surface area contributed by atoms with Crippen molar-refractivity contribution in [2.75, 3.05) is 20.0 Å². The maximum Gasteiger partial charge on any atom is 0.437 e. The van der Waals surface area contributed by atoms with Crippen LogP contribution >= 0.6 is 0 Å². The van der Waals surface area contributed by atoms with Crippen LogP contribution in [-0.4, -0.2) is 94.3 Å². The molecule has 3 amide bonds. The number of aliphatic imine (C=N–C) groups is 2. The number of nitrogens with one attached hydrogen (secondary N) is 1. The van der Waals surface area contributed by atoms with E-state index in [-0.39, 0.29) is 37.9 Å². The first-order valence-corrected chi connectivity index (χ1v) is 18.9. The Morgan fingerprint density at radius 2 is 1.15 bits per heavy atom. The highest BCUT2D eigenvalue weighted by molar-refractivity contribution is 6.04. The van der Waals surface area contributed by atoms with E-state index in [0.29, 0.717) is 22.4 Å². The Morgan fingerprint density at radius 3 is 1.60 bits per heavy atom. The maximum atomic E-state index is 12.2. The van der Waals surface area contributed by atoms with Gasteiger partial charge in [0.2, 0.25) is 5.96 Å². The standard InChI is InChI=1S/C21H29NO6.C14H22N4O4.C8H9NO2.CH4/c1-20(2,3)27-17(23)13-16(22-19(25)28-21(4,5)6)12-14-9-8-10-15(11-14)18(24)26-7;1-13(2,3)21-11(19)16-10(18-9-7-8-15-18)17-12(20)22-14(4,5)6;1-11-8(10)6-3-2-4-7(9)5-6;/h8-11H,12-13H2,1-7H3;7-9H,1-6H3,(H,16,17,19,20);2-5H,9H2,1H3;1H4. The largest absolute Gasteiger partial charge is 0.465 e. The molecule has 3 N–H and O–H groups in total.